The minimum absolute atomic E-state index is 0.162. The summed E-state index contributed by atoms with van der Waals surface area (Å²) in [5.74, 6) is 1.01. The molecule has 1 aromatic heterocycles. The Balaban J connectivity index is 2.79. The molecule has 1 aromatic rings. The Hall–Kier alpha value is -1.09. The summed E-state index contributed by atoms with van der Waals surface area (Å²) in [6.45, 7) is 6.75. The van der Waals surface area contributed by atoms with E-state index in [-0.39, 0.29) is 6.04 Å². The first-order valence-corrected chi connectivity index (χ1v) is 4.12. The zero-order chi connectivity index (χ0) is 8.97. The predicted molar refractivity (Wildman–Crippen MR) is 49.8 cm³/mol. The fourth-order valence-electron chi connectivity index (χ4n) is 1.18. The van der Waals surface area contributed by atoms with Gasteiger partial charge in [0.1, 0.15) is 5.82 Å². The average molecular weight is 165 g/mol. The molecule has 1 heterocycles. The number of nitrogens with one attached hydrogen (secondary N) is 1. The molecule has 0 saturated heterocycles. The van der Waals surface area contributed by atoms with Gasteiger partial charge in [0.15, 0.2) is 0 Å². The highest BCUT2D eigenvalue weighted by atomic mass is 15.1. The summed E-state index contributed by atoms with van der Waals surface area (Å²) in [7, 11) is 1.98. The molecule has 0 aliphatic heterocycles. The predicted octanol–water partition coefficient (Wildman–Crippen LogP) is 1.26. The van der Waals surface area contributed by atoms with Gasteiger partial charge in [-0.15, -0.1) is 6.58 Å². The Labute approximate surface area is 73.1 Å². The second kappa shape index (κ2) is 4.07. The SMILES string of the molecule is C=CC(NCC)c1nccn1C. The quantitative estimate of drug-likeness (QED) is 0.681. The van der Waals surface area contributed by atoms with Crippen molar-refractivity contribution in [3.8, 4) is 0 Å². The van der Waals surface area contributed by atoms with Crippen LogP contribution in [0.3, 0.4) is 0 Å². The van der Waals surface area contributed by atoms with Crippen molar-refractivity contribution in [2.75, 3.05) is 6.54 Å². The van der Waals surface area contributed by atoms with Crippen molar-refractivity contribution in [3.05, 3.63) is 30.9 Å². The summed E-state index contributed by atoms with van der Waals surface area (Å²) in [5.41, 5.74) is 0. The maximum Gasteiger partial charge on any atom is 0.129 e. The van der Waals surface area contributed by atoms with Crippen LogP contribution in [-0.2, 0) is 7.05 Å². The summed E-state index contributed by atoms with van der Waals surface area (Å²) in [6, 6.07) is 0.162. The molecule has 0 fully saturated rings. The molecule has 0 amide bonds. The highest BCUT2D eigenvalue weighted by Crippen LogP contribution is 2.09. The van der Waals surface area contributed by atoms with Gasteiger partial charge in [-0.3, -0.25) is 0 Å². The summed E-state index contributed by atoms with van der Waals surface area (Å²) < 4.78 is 2.00. The molecule has 66 valence electrons. The molecule has 1 N–H and O–H groups in total. The number of rotatable bonds is 4. The number of aromatic nitrogens is 2. The highest BCUT2D eigenvalue weighted by Gasteiger charge is 2.09. The van der Waals surface area contributed by atoms with E-state index >= 15 is 0 Å². The van der Waals surface area contributed by atoms with Crippen molar-refractivity contribution in [1.29, 1.82) is 0 Å². The Bertz CT molecular complexity index is 252. The first-order chi connectivity index (χ1) is 5.79. The molecule has 1 rings (SSSR count). The van der Waals surface area contributed by atoms with Gasteiger partial charge in [0, 0.05) is 19.4 Å². The van der Waals surface area contributed by atoms with Crippen molar-refractivity contribution in [2.45, 2.75) is 13.0 Å². The monoisotopic (exact) mass is 165 g/mol. The molecule has 1 unspecified atom stereocenters. The second-order valence-corrected chi connectivity index (χ2v) is 2.67. The van der Waals surface area contributed by atoms with Crippen molar-refractivity contribution in [2.24, 2.45) is 7.05 Å². The topological polar surface area (TPSA) is 29.9 Å². The van der Waals surface area contributed by atoms with Gasteiger partial charge in [-0.1, -0.05) is 13.0 Å². The molecule has 12 heavy (non-hydrogen) atoms. The lowest BCUT2D eigenvalue weighted by molar-refractivity contribution is 0.593. The minimum Gasteiger partial charge on any atom is -0.336 e. The van der Waals surface area contributed by atoms with E-state index in [1.165, 1.54) is 0 Å². The number of likely N-dealkylation sites (N-methyl/N-ethyl adjacent to an activating group) is 1. The molecule has 0 saturated carbocycles. The van der Waals surface area contributed by atoms with E-state index in [9.17, 15) is 0 Å². The Kier molecular flexibility index (Phi) is 3.05. The first-order valence-electron chi connectivity index (χ1n) is 4.12. The van der Waals surface area contributed by atoms with Crippen LogP contribution in [0.5, 0.6) is 0 Å². The molecule has 1 atom stereocenters. The fraction of sp³-hybridized carbons (Fsp3) is 0.444. The van der Waals surface area contributed by atoms with Crippen LogP contribution in [0.15, 0.2) is 25.0 Å². The highest BCUT2D eigenvalue weighted by molar-refractivity contribution is 5.05. The second-order valence-electron chi connectivity index (χ2n) is 2.67. The lowest BCUT2D eigenvalue weighted by atomic mass is 10.2. The molecule has 0 radical (unpaired) electrons. The third-order valence-corrected chi connectivity index (χ3v) is 1.80. The van der Waals surface area contributed by atoms with Gasteiger partial charge in [0.25, 0.3) is 0 Å². The first kappa shape index (κ1) is 9.00. The standard InChI is InChI=1S/C9H15N3/c1-4-8(10-5-2)9-11-6-7-12(9)3/h4,6-8,10H,1,5H2,2-3H3. The van der Waals surface area contributed by atoms with Crippen LogP contribution in [0, 0.1) is 0 Å². The van der Waals surface area contributed by atoms with Gasteiger partial charge in [-0.2, -0.15) is 0 Å². The number of hydrogen-bond acceptors (Lipinski definition) is 2. The Morgan fingerprint density at radius 3 is 3.00 bits per heavy atom. The van der Waals surface area contributed by atoms with Crippen LogP contribution >= 0.6 is 0 Å². The molecule has 0 spiro atoms. The molecule has 0 aromatic carbocycles. The van der Waals surface area contributed by atoms with E-state index in [4.69, 9.17) is 0 Å². The number of imidazole rings is 1. The van der Waals surface area contributed by atoms with Crippen LogP contribution in [-0.4, -0.2) is 16.1 Å². The van der Waals surface area contributed by atoms with E-state index in [0.29, 0.717) is 0 Å². The minimum atomic E-state index is 0.162. The van der Waals surface area contributed by atoms with Crippen LogP contribution in [0.25, 0.3) is 0 Å². The Morgan fingerprint density at radius 2 is 2.58 bits per heavy atom. The van der Waals surface area contributed by atoms with E-state index < -0.39 is 0 Å². The van der Waals surface area contributed by atoms with Crippen molar-refractivity contribution >= 4 is 0 Å². The molecule has 0 bridgehead atoms. The lowest BCUT2D eigenvalue weighted by Crippen LogP contribution is -2.21. The van der Waals surface area contributed by atoms with Gasteiger partial charge in [-0.25, -0.2) is 4.98 Å². The molecular weight excluding hydrogens is 150 g/mol. The molecule has 3 nitrogen and oxygen atoms in total. The Morgan fingerprint density at radius 1 is 1.83 bits per heavy atom. The summed E-state index contributed by atoms with van der Waals surface area (Å²) in [4.78, 5) is 4.23. The van der Waals surface area contributed by atoms with Gasteiger partial charge < -0.3 is 9.88 Å². The average Bonchev–Trinajstić information content (AvgIpc) is 2.47. The van der Waals surface area contributed by atoms with E-state index in [0.717, 1.165) is 12.4 Å². The number of hydrogen-bond donors (Lipinski definition) is 1. The van der Waals surface area contributed by atoms with Crippen LogP contribution in [0.1, 0.15) is 18.8 Å². The van der Waals surface area contributed by atoms with Gasteiger partial charge >= 0.3 is 0 Å². The van der Waals surface area contributed by atoms with Crippen molar-refractivity contribution < 1.29 is 0 Å². The zero-order valence-electron chi connectivity index (χ0n) is 7.62. The number of nitrogens with zero attached hydrogens (tertiary/aromatic N) is 2. The lowest BCUT2D eigenvalue weighted by Gasteiger charge is -2.12. The molecule has 3 heteroatoms. The molecular formula is C9H15N3. The fourth-order valence-corrected chi connectivity index (χ4v) is 1.18. The van der Waals surface area contributed by atoms with Crippen LogP contribution in [0.4, 0.5) is 0 Å². The van der Waals surface area contributed by atoms with Crippen LogP contribution < -0.4 is 5.32 Å². The third kappa shape index (κ3) is 1.74. The van der Waals surface area contributed by atoms with E-state index in [1.54, 1.807) is 6.20 Å². The van der Waals surface area contributed by atoms with Gasteiger partial charge in [-0.05, 0) is 6.54 Å². The van der Waals surface area contributed by atoms with Gasteiger partial charge in [0.2, 0.25) is 0 Å². The largest absolute Gasteiger partial charge is 0.336 e. The van der Waals surface area contributed by atoms with Crippen molar-refractivity contribution in [3.63, 3.8) is 0 Å². The maximum absolute atomic E-state index is 4.23. The van der Waals surface area contributed by atoms with E-state index in [1.807, 2.05) is 23.9 Å². The smallest absolute Gasteiger partial charge is 0.129 e. The normalized spacial score (nSPS) is 12.8. The summed E-state index contributed by atoms with van der Waals surface area (Å²) in [5, 5.41) is 3.27. The molecule has 0 aliphatic rings. The zero-order valence-corrected chi connectivity index (χ0v) is 7.62. The third-order valence-electron chi connectivity index (χ3n) is 1.80. The van der Waals surface area contributed by atoms with Crippen LogP contribution in [0.2, 0.25) is 0 Å². The maximum atomic E-state index is 4.23. The summed E-state index contributed by atoms with van der Waals surface area (Å²) >= 11 is 0. The number of aryl methyl sites for hydroxylation is 1. The molecule has 0 aliphatic carbocycles. The van der Waals surface area contributed by atoms with E-state index in [2.05, 4.69) is 23.8 Å². The van der Waals surface area contributed by atoms with Crippen molar-refractivity contribution in [1.82, 2.24) is 14.9 Å². The van der Waals surface area contributed by atoms with Gasteiger partial charge in [0.05, 0.1) is 6.04 Å². The summed E-state index contributed by atoms with van der Waals surface area (Å²) in [6.07, 6.45) is 5.60.